The van der Waals surface area contributed by atoms with Crippen molar-refractivity contribution >= 4 is 22.9 Å². The van der Waals surface area contributed by atoms with E-state index in [0.29, 0.717) is 36.5 Å². The lowest BCUT2D eigenvalue weighted by molar-refractivity contribution is -0.142. The van der Waals surface area contributed by atoms with Crippen LogP contribution in [0.4, 0.5) is 13.2 Å². The topological polar surface area (TPSA) is 70.7 Å². The number of aliphatic hydroxyl groups is 1. The second-order valence-electron chi connectivity index (χ2n) is 6.65. The molecule has 1 amide bonds. The summed E-state index contributed by atoms with van der Waals surface area (Å²) in [5, 5.41) is 14.9. The molecular weight excluding hydrogens is 393 g/mol. The highest BCUT2D eigenvalue weighted by molar-refractivity contribution is 7.13. The van der Waals surface area contributed by atoms with Gasteiger partial charge in [-0.1, -0.05) is 6.07 Å². The van der Waals surface area contributed by atoms with E-state index in [4.69, 9.17) is 5.11 Å². The van der Waals surface area contributed by atoms with E-state index in [2.05, 4.69) is 10.1 Å². The maximum absolute atomic E-state index is 13.6. The van der Waals surface area contributed by atoms with Crippen molar-refractivity contribution in [3.63, 3.8) is 0 Å². The SMILES string of the molecule is O=C(CO)N1CCC(c2cc3nc(-c4cccs4)cc(C(F)(F)F)n3n2)CC1. The van der Waals surface area contributed by atoms with E-state index in [0.717, 1.165) is 10.6 Å². The third kappa shape index (κ3) is 3.49. The van der Waals surface area contributed by atoms with E-state index in [1.54, 1.807) is 28.5 Å². The number of piperidine rings is 1. The number of likely N-dealkylation sites (tertiary alicyclic amines) is 1. The number of thiophene rings is 1. The fourth-order valence-corrected chi connectivity index (χ4v) is 4.16. The maximum Gasteiger partial charge on any atom is 0.433 e. The van der Waals surface area contributed by atoms with Gasteiger partial charge in [0.1, 0.15) is 6.61 Å². The van der Waals surface area contributed by atoms with Crippen LogP contribution in [0.25, 0.3) is 16.2 Å². The highest BCUT2D eigenvalue weighted by Crippen LogP contribution is 2.35. The molecule has 0 bridgehead atoms. The summed E-state index contributed by atoms with van der Waals surface area (Å²) in [4.78, 5) is 18.2. The molecule has 4 heterocycles. The van der Waals surface area contributed by atoms with Crippen LogP contribution in [-0.2, 0) is 11.0 Å². The lowest BCUT2D eigenvalue weighted by Gasteiger charge is -2.30. The van der Waals surface area contributed by atoms with E-state index in [1.165, 1.54) is 11.3 Å². The molecule has 0 aromatic carbocycles. The first-order chi connectivity index (χ1) is 13.4. The highest BCUT2D eigenvalue weighted by atomic mass is 32.1. The predicted molar refractivity (Wildman–Crippen MR) is 96.9 cm³/mol. The Kier molecular flexibility index (Phi) is 4.84. The van der Waals surface area contributed by atoms with Crippen LogP contribution in [0.1, 0.15) is 30.1 Å². The van der Waals surface area contributed by atoms with Gasteiger partial charge >= 0.3 is 6.18 Å². The number of fused-ring (bicyclic) bond motifs is 1. The lowest BCUT2D eigenvalue weighted by atomic mass is 9.93. The first kappa shape index (κ1) is 18.9. The number of carbonyl (C=O) groups is 1. The summed E-state index contributed by atoms with van der Waals surface area (Å²) in [6, 6.07) is 6.12. The number of halogens is 3. The zero-order valence-corrected chi connectivity index (χ0v) is 15.5. The number of alkyl halides is 3. The van der Waals surface area contributed by atoms with Gasteiger partial charge in [0.25, 0.3) is 0 Å². The van der Waals surface area contributed by atoms with Crippen LogP contribution in [-0.4, -0.2) is 50.2 Å². The van der Waals surface area contributed by atoms with Gasteiger partial charge in [-0.15, -0.1) is 11.3 Å². The van der Waals surface area contributed by atoms with Gasteiger partial charge in [0.05, 0.1) is 16.3 Å². The van der Waals surface area contributed by atoms with Crippen molar-refractivity contribution in [2.24, 2.45) is 0 Å². The van der Waals surface area contributed by atoms with Gasteiger partial charge in [-0.2, -0.15) is 18.3 Å². The lowest BCUT2D eigenvalue weighted by Crippen LogP contribution is -2.39. The summed E-state index contributed by atoms with van der Waals surface area (Å²) in [7, 11) is 0. The van der Waals surface area contributed by atoms with Crippen LogP contribution in [0.2, 0.25) is 0 Å². The van der Waals surface area contributed by atoms with Crippen molar-refractivity contribution in [2.45, 2.75) is 24.9 Å². The van der Waals surface area contributed by atoms with Crippen LogP contribution in [0.5, 0.6) is 0 Å². The van der Waals surface area contributed by atoms with E-state index in [1.807, 2.05) is 0 Å². The summed E-state index contributed by atoms with van der Waals surface area (Å²) < 4.78 is 41.7. The van der Waals surface area contributed by atoms with Crippen molar-refractivity contribution in [3.05, 3.63) is 41.0 Å². The first-order valence-corrected chi connectivity index (χ1v) is 9.65. The summed E-state index contributed by atoms with van der Waals surface area (Å²) in [6.45, 7) is 0.346. The molecule has 148 valence electrons. The molecule has 0 radical (unpaired) electrons. The molecule has 1 fully saturated rings. The molecule has 4 rings (SSSR count). The average molecular weight is 410 g/mol. The Bertz CT molecular complexity index is 992. The average Bonchev–Trinajstić information content (AvgIpc) is 3.35. The molecule has 6 nitrogen and oxygen atoms in total. The van der Waals surface area contributed by atoms with Gasteiger partial charge in [-0.05, 0) is 30.4 Å². The number of rotatable bonds is 3. The molecule has 10 heteroatoms. The van der Waals surface area contributed by atoms with Gasteiger partial charge < -0.3 is 10.0 Å². The molecule has 0 spiro atoms. The number of hydrogen-bond acceptors (Lipinski definition) is 5. The van der Waals surface area contributed by atoms with Crippen LogP contribution >= 0.6 is 11.3 Å². The summed E-state index contributed by atoms with van der Waals surface area (Å²) in [6.07, 6.45) is -3.41. The Labute approximate surface area is 162 Å². The smallest absolute Gasteiger partial charge is 0.387 e. The predicted octanol–water partition coefficient (Wildman–Crippen LogP) is 3.17. The molecule has 3 aromatic rings. The summed E-state index contributed by atoms with van der Waals surface area (Å²) in [5.74, 6) is -0.397. The molecule has 0 atom stereocenters. The molecule has 0 unspecified atom stereocenters. The normalized spacial score (nSPS) is 16.1. The van der Waals surface area contributed by atoms with Crippen LogP contribution in [0.3, 0.4) is 0 Å². The number of hydrogen-bond donors (Lipinski definition) is 1. The second-order valence-corrected chi connectivity index (χ2v) is 7.60. The largest absolute Gasteiger partial charge is 0.433 e. The number of amides is 1. The van der Waals surface area contributed by atoms with E-state index in [-0.39, 0.29) is 23.2 Å². The van der Waals surface area contributed by atoms with Gasteiger partial charge in [-0.25, -0.2) is 9.50 Å². The molecule has 0 aliphatic carbocycles. The second kappa shape index (κ2) is 7.17. The minimum Gasteiger partial charge on any atom is -0.387 e. The monoisotopic (exact) mass is 410 g/mol. The Morgan fingerprint density at radius 1 is 1.29 bits per heavy atom. The number of aliphatic hydroxyl groups excluding tert-OH is 1. The summed E-state index contributed by atoms with van der Waals surface area (Å²) >= 11 is 1.33. The fourth-order valence-electron chi connectivity index (χ4n) is 3.47. The zero-order valence-electron chi connectivity index (χ0n) is 14.7. The quantitative estimate of drug-likeness (QED) is 0.720. The molecular formula is C18H17F3N4O2S. The minimum atomic E-state index is -4.56. The van der Waals surface area contributed by atoms with Crippen LogP contribution in [0.15, 0.2) is 29.6 Å². The van der Waals surface area contributed by atoms with Crippen molar-refractivity contribution < 1.29 is 23.1 Å². The van der Waals surface area contributed by atoms with Crippen molar-refractivity contribution in [1.82, 2.24) is 19.5 Å². The third-order valence-corrected chi connectivity index (χ3v) is 5.80. The highest BCUT2D eigenvalue weighted by Gasteiger charge is 2.36. The number of nitrogens with zero attached hydrogens (tertiary/aromatic N) is 4. The molecule has 1 aliphatic heterocycles. The minimum absolute atomic E-state index is 0.0595. The Hall–Kier alpha value is -2.46. The number of carbonyl (C=O) groups excluding carboxylic acids is 1. The van der Waals surface area contributed by atoms with Gasteiger partial charge in [0, 0.05) is 25.1 Å². The zero-order chi connectivity index (χ0) is 19.9. The molecule has 1 N–H and O–H groups in total. The van der Waals surface area contributed by atoms with Crippen LogP contribution in [0, 0.1) is 0 Å². The Morgan fingerprint density at radius 2 is 2.04 bits per heavy atom. The standard InChI is InChI=1S/C18H17F3N4O2S/c19-18(20,21)15-8-13(14-2-1-7-28-14)22-16-9-12(23-25(15)16)11-3-5-24(6-4-11)17(27)10-26/h1-2,7-9,11,26H,3-6,10H2. The molecule has 3 aromatic heterocycles. The molecule has 1 saturated heterocycles. The van der Waals surface area contributed by atoms with Gasteiger partial charge in [0.2, 0.25) is 5.91 Å². The van der Waals surface area contributed by atoms with E-state index in [9.17, 15) is 18.0 Å². The van der Waals surface area contributed by atoms with E-state index >= 15 is 0 Å². The Balaban J connectivity index is 1.70. The van der Waals surface area contributed by atoms with Crippen molar-refractivity contribution in [2.75, 3.05) is 19.7 Å². The van der Waals surface area contributed by atoms with Crippen LogP contribution < -0.4 is 0 Å². The Morgan fingerprint density at radius 3 is 2.64 bits per heavy atom. The number of aromatic nitrogens is 3. The molecule has 1 aliphatic rings. The van der Waals surface area contributed by atoms with Gasteiger partial charge in [0.15, 0.2) is 11.3 Å². The summed E-state index contributed by atoms with van der Waals surface area (Å²) in [5.41, 5.74) is 0.101. The fraction of sp³-hybridized carbons (Fsp3) is 0.389. The first-order valence-electron chi connectivity index (χ1n) is 8.77. The maximum atomic E-state index is 13.6. The third-order valence-electron chi connectivity index (χ3n) is 4.91. The molecule has 28 heavy (non-hydrogen) atoms. The van der Waals surface area contributed by atoms with Gasteiger partial charge in [-0.3, -0.25) is 4.79 Å². The molecule has 0 saturated carbocycles. The van der Waals surface area contributed by atoms with Crippen molar-refractivity contribution in [3.8, 4) is 10.6 Å². The van der Waals surface area contributed by atoms with Crippen molar-refractivity contribution in [1.29, 1.82) is 0 Å². The van der Waals surface area contributed by atoms with E-state index < -0.39 is 18.5 Å².